The molecule has 0 aliphatic heterocycles. The van der Waals surface area contributed by atoms with Crippen LogP contribution in [0.15, 0.2) is 47.4 Å². The standard InChI is InChI=1S/C21H26N2O6S/c1-4-29-21(25)23-14-30(26,27)17-8-6-16(7-9-17)11-12-22-20(24)18-13-15(2)5-10-19(18)28-3/h5-10,13H,4,11-12,14H2,1-3H3,(H,22,24)(H,23,25). The smallest absolute Gasteiger partial charge is 0.407 e. The average molecular weight is 435 g/mol. The first-order valence-corrected chi connectivity index (χ1v) is 11.1. The van der Waals surface area contributed by atoms with Gasteiger partial charge in [-0.15, -0.1) is 0 Å². The van der Waals surface area contributed by atoms with Crippen molar-refractivity contribution < 1.29 is 27.5 Å². The molecule has 0 saturated heterocycles. The quantitative estimate of drug-likeness (QED) is 0.627. The summed E-state index contributed by atoms with van der Waals surface area (Å²) in [5.41, 5.74) is 2.28. The van der Waals surface area contributed by atoms with Crippen molar-refractivity contribution in [2.75, 3.05) is 26.1 Å². The molecule has 0 saturated carbocycles. The molecule has 162 valence electrons. The maximum atomic E-state index is 12.4. The summed E-state index contributed by atoms with van der Waals surface area (Å²) >= 11 is 0. The number of nitrogens with one attached hydrogen (secondary N) is 2. The Kier molecular flexibility index (Phi) is 8.23. The maximum absolute atomic E-state index is 12.4. The van der Waals surface area contributed by atoms with Crippen molar-refractivity contribution in [2.24, 2.45) is 0 Å². The molecule has 0 heterocycles. The van der Waals surface area contributed by atoms with Gasteiger partial charge in [0.05, 0.1) is 24.2 Å². The van der Waals surface area contributed by atoms with E-state index in [2.05, 4.69) is 15.4 Å². The van der Waals surface area contributed by atoms with E-state index in [4.69, 9.17) is 4.74 Å². The summed E-state index contributed by atoms with van der Waals surface area (Å²) in [6, 6.07) is 11.7. The Morgan fingerprint density at radius 2 is 1.73 bits per heavy atom. The van der Waals surface area contributed by atoms with Gasteiger partial charge >= 0.3 is 6.09 Å². The number of aryl methyl sites for hydroxylation is 1. The highest BCUT2D eigenvalue weighted by Gasteiger charge is 2.16. The number of carbonyl (C=O) groups is 2. The first-order chi connectivity index (χ1) is 14.3. The second kappa shape index (κ2) is 10.6. The Morgan fingerprint density at radius 3 is 2.37 bits per heavy atom. The number of methoxy groups -OCH3 is 1. The average Bonchev–Trinajstić information content (AvgIpc) is 2.73. The van der Waals surface area contributed by atoms with Crippen molar-refractivity contribution in [3.63, 3.8) is 0 Å². The summed E-state index contributed by atoms with van der Waals surface area (Å²) in [7, 11) is -2.15. The van der Waals surface area contributed by atoms with Crippen LogP contribution in [-0.2, 0) is 21.0 Å². The van der Waals surface area contributed by atoms with Crippen LogP contribution >= 0.6 is 0 Å². The molecule has 0 atom stereocenters. The number of hydrogen-bond acceptors (Lipinski definition) is 6. The fourth-order valence-electron chi connectivity index (χ4n) is 2.70. The van der Waals surface area contributed by atoms with Crippen molar-refractivity contribution in [1.82, 2.24) is 10.6 Å². The number of alkyl carbamates (subject to hydrolysis) is 1. The van der Waals surface area contributed by atoms with Gasteiger partial charge < -0.3 is 20.1 Å². The summed E-state index contributed by atoms with van der Waals surface area (Å²) in [6.07, 6.45) is -0.250. The number of amides is 2. The van der Waals surface area contributed by atoms with E-state index in [1.807, 2.05) is 13.0 Å². The first-order valence-electron chi connectivity index (χ1n) is 9.42. The summed E-state index contributed by atoms with van der Waals surface area (Å²) in [4.78, 5) is 23.8. The number of hydrogen-bond donors (Lipinski definition) is 2. The van der Waals surface area contributed by atoms with Crippen molar-refractivity contribution >= 4 is 21.8 Å². The van der Waals surface area contributed by atoms with Gasteiger partial charge in [-0.2, -0.15) is 0 Å². The zero-order chi connectivity index (χ0) is 22.1. The monoisotopic (exact) mass is 434 g/mol. The Bertz CT molecular complexity index is 987. The van der Waals surface area contributed by atoms with Crippen molar-refractivity contribution in [2.45, 2.75) is 25.2 Å². The summed E-state index contributed by atoms with van der Waals surface area (Å²) < 4.78 is 34.4. The number of carbonyl (C=O) groups excluding carboxylic acids is 2. The maximum Gasteiger partial charge on any atom is 0.407 e. The molecule has 2 aromatic carbocycles. The topological polar surface area (TPSA) is 111 Å². The van der Waals surface area contributed by atoms with Gasteiger partial charge in [0.1, 0.15) is 11.6 Å². The fraction of sp³-hybridized carbons (Fsp3) is 0.333. The lowest BCUT2D eigenvalue weighted by Gasteiger charge is -2.11. The lowest BCUT2D eigenvalue weighted by Crippen LogP contribution is -2.30. The lowest BCUT2D eigenvalue weighted by molar-refractivity contribution is 0.0951. The van der Waals surface area contributed by atoms with Crippen LogP contribution in [0.2, 0.25) is 0 Å². The second-order valence-corrected chi connectivity index (χ2v) is 8.50. The SMILES string of the molecule is CCOC(=O)NCS(=O)(=O)c1ccc(CCNC(=O)c2cc(C)ccc2OC)cc1. The van der Waals surface area contributed by atoms with Crippen molar-refractivity contribution in [1.29, 1.82) is 0 Å². The zero-order valence-corrected chi connectivity index (χ0v) is 18.0. The molecule has 2 amide bonds. The second-order valence-electron chi connectivity index (χ2n) is 6.51. The van der Waals surface area contributed by atoms with Crippen LogP contribution in [0.4, 0.5) is 4.79 Å². The van der Waals surface area contributed by atoms with Gasteiger partial charge in [0, 0.05) is 6.54 Å². The van der Waals surface area contributed by atoms with Crippen molar-refractivity contribution in [3.8, 4) is 5.75 Å². The van der Waals surface area contributed by atoms with Gasteiger partial charge in [0.2, 0.25) is 0 Å². The third-order valence-electron chi connectivity index (χ3n) is 4.26. The van der Waals surface area contributed by atoms with E-state index in [0.29, 0.717) is 24.3 Å². The molecular formula is C21H26N2O6S. The Morgan fingerprint density at radius 1 is 1.03 bits per heavy atom. The van der Waals surface area contributed by atoms with E-state index in [-0.39, 0.29) is 17.4 Å². The molecule has 30 heavy (non-hydrogen) atoms. The molecular weight excluding hydrogens is 408 g/mol. The number of ether oxygens (including phenoxy) is 2. The van der Waals surface area contributed by atoms with Crippen LogP contribution in [0.5, 0.6) is 5.75 Å². The van der Waals surface area contributed by atoms with E-state index in [1.54, 1.807) is 31.2 Å². The summed E-state index contributed by atoms with van der Waals surface area (Å²) in [5.74, 6) is -0.275. The van der Waals surface area contributed by atoms with Crippen LogP contribution in [0.25, 0.3) is 0 Å². The van der Waals surface area contributed by atoms with E-state index in [0.717, 1.165) is 11.1 Å². The molecule has 0 bridgehead atoms. The van der Waals surface area contributed by atoms with Gasteiger partial charge in [0.15, 0.2) is 9.84 Å². The normalized spacial score (nSPS) is 10.9. The van der Waals surface area contributed by atoms with Crippen LogP contribution in [0.3, 0.4) is 0 Å². The molecule has 0 spiro atoms. The lowest BCUT2D eigenvalue weighted by atomic mass is 10.1. The minimum atomic E-state index is -3.67. The predicted octanol–water partition coefficient (Wildman–Crippen LogP) is 2.45. The molecule has 0 aliphatic carbocycles. The van der Waals surface area contributed by atoms with E-state index < -0.39 is 21.8 Å². The minimum absolute atomic E-state index is 0.0941. The Hall–Kier alpha value is -3.07. The van der Waals surface area contributed by atoms with Crippen LogP contribution in [0.1, 0.15) is 28.4 Å². The summed E-state index contributed by atoms with van der Waals surface area (Å²) in [5, 5.41) is 5.05. The number of sulfone groups is 1. The van der Waals surface area contributed by atoms with Crippen LogP contribution in [-0.4, -0.2) is 46.6 Å². The predicted molar refractivity (Wildman–Crippen MR) is 112 cm³/mol. The molecule has 9 heteroatoms. The van der Waals surface area contributed by atoms with Crippen LogP contribution < -0.4 is 15.4 Å². The van der Waals surface area contributed by atoms with Gasteiger partial charge in [0.25, 0.3) is 5.91 Å². The first kappa shape index (κ1) is 23.2. The number of benzene rings is 2. The van der Waals surface area contributed by atoms with E-state index >= 15 is 0 Å². The summed E-state index contributed by atoms with van der Waals surface area (Å²) in [6.45, 7) is 4.07. The largest absolute Gasteiger partial charge is 0.496 e. The van der Waals surface area contributed by atoms with Gasteiger partial charge in [-0.05, 0) is 50.1 Å². The van der Waals surface area contributed by atoms with Crippen LogP contribution in [0, 0.1) is 6.92 Å². The van der Waals surface area contributed by atoms with Gasteiger partial charge in [-0.3, -0.25) is 4.79 Å². The van der Waals surface area contributed by atoms with E-state index in [9.17, 15) is 18.0 Å². The molecule has 0 fully saturated rings. The molecule has 0 unspecified atom stereocenters. The highest BCUT2D eigenvalue weighted by Crippen LogP contribution is 2.19. The molecule has 0 aromatic heterocycles. The third kappa shape index (κ3) is 6.48. The third-order valence-corrected chi connectivity index (χ3v) is 5.78. The minimum Gasteiger partial charge on any atom is -0.496 e. The van der Waals surface area contributed by atoms with E-state index in [1.165, 1.54) is 19.2 Å². The zero-order valence-electron chi connectivity index (χ0n) is 17.2. The molecule has 2 N–H and O–H groups in total. The fourth-order valence-corrected chi connectivity index (χ4v) is 3.72. The van der Waals surface area contributed by atoms with Gasteiger partial charge in [-0.25, -0.2) is 13.2 Å². The number of rotatable bonds is 9. The van der Waals surface area contributed by atoms with Gasteiger partial charge in [-0.1, -0.05) is 23.8 Å². The molecule has 2 aromatic rings. The highest BCUT2D eigenvalue weighted by atomic mass is 32.2. The Balaban J connectivity index is 1.91. The molecule has 0 aliphatic rings. The van der Waals surface area contributed by atoms with Crippen molar-refractivity contribution in [3.05, 3.63) is 59.2 Å². The Labute approximate surface area is 176 Å². The molecule has 2 rings (SSSR count). The highest BCUT2D eigenvalue weighted by molar-refractivity contribution is 7.91. The molecule has 8 nitrogen and oxygen atoms in total. The molecule has 0 radical (unpaired) electrons.